The van der Waals surface area contributed by atoms with Crippen molar-refractivity contribution in [3.8, 4) is 11.5 Å². The zero-order valence-corrected chi connectivity index (χ0v) is 45.5. The molecule has 1 saturated carbocycles. The molecule has 1 aromatic rings. The number of rotatable bonds is 8. The average molecular weight is 1020 g/mol. The van der Waals surface area contributed by atoms with Gasteiger partial charge in [0, 0.05) is 56.6 Å². The first kappa shape index (κ1) is 59.9. The maximum atomic E-state index is 14.6. The molecule has 3 aliphatic heterocycles. The summed E-state index contributed by atoms with van der Waals surface area (Å²) in [5.74, 6) is -6.05. The van der Waals surface area contributed by atoms with Crippen molar-refractivity contribution in [1.29, 1.82) is 0 Å². The van der Waals surface area contributed by atoms with Crippen LogP contribution in [0.4, 0.5) is 0 Å². The summed E-state index contributed by atoms with van der Waals surface area (Å²) >= 11 is 0. The fourth-order valence-corrected chi connectivity index (χ4v) is 11.7. The molecule has 15 heteroatoms. The number of aliphatic hydroxyl groups is 5. The summed E-state index contributed by atoms with van der Waals surface area (Å²) < 4.78 is 35.5. The van der Waals surface area contributed by atoms with Crippen molar-refractivity contribution in [2.75, 3.05) is 35.0 Å². The topological polar surface area (TPSA) is 211 Å². The first-order chi connectivity index (χ1) is 34.7. The summed E-state index contributed by atoms with van der Waals surface area (Å²) in [7, 11) is 6.21. The van der Waals surface area contributed by atoms with Gasteiger partial charge in [-0.2, -0.15) is 0 Å². The summed E-state index contributed by atoms with van der Waals surface area (Å²) in [5.41, 5.74) is 2.29. The van der Waals surface area contributed by atoms with E-state index in [-0.39, 0.29) is 55.1 Å². The summed E-state index contributed by atoms with van der Waals surface area (Å²) in [6.45, 7) is 13.3. The van der Waals surface area contributed by atoms with Gasteiger partial charge in [-0.25, -0.2) is 4.79 Å². The zero-order valence-electron chi connectivity index (χ0n) is 45.5. The number of carbonyl (C=O) groups excluding carboxylic acids is 3. The van der Waals surface area contributed by atoms with E-state index in [9.17, 15) is 39.9 Å². The van der Waals surface area contributed by atoms with Crippen LogP contribution in [0.1, 0.15) is 137 Å². The molecule has 5 N–H and O–H groups in total. The Morgan fingerprint density at radius 1 is 0.808 bits per heavy atom. The predicted octanol–water partition coefficient (Wildman–Crippen LogP) is 7.55. The number of methoxy groups -OCH3 is 4. The van der Waals surface area contributed by atoms with Gasteiger partial charge in [-0.15, -0.1) is 0 Å². The number of nitrogens with zero attached hydrogens (tertiary/aromatic N) is 1. The van der Waals surface area contributed by atoms with Crippen molar-refractivity contribution in [1.82, 2.24) is 4.90 Å². The van der Waals surface area contributed by atoms with Crippen LogP contribution in [-0.4, -0.2) is 144 Å². The molecule has 410 valence electrons. The fraction of sp³-hybridized carbons (Fsp3) is 0.707. The molecule has 3 unspecified atom stereocenters. The number of amides is 1. The standard InChI is InChI=1S/C58H89NO14/c1-34-17-13-12-14-18-35(2)45(44-24-23-42(68-8)32-50(44)69-9)31-43-22-20-40(7)58(67,73-43)55(64)56(65)59-26-16-15-19-46(59)57(66)72-49(37(4)29-41-21-25-47(60)51(30-41)70-10)33-48(61)36(3)28-39(6)53(63)54(71-11)52(62)38(5)27-34/h12-14,17-18,23-24,28,32,34,36-38,40-41,43,45-49,51-54,60-63,67H,15-16,19-22,25-27,29-31,33H2,1-11H3/b14-12?,17-13+,35-18?,39-28+/t34-,36-,37-,38-,40-,41?,43+,45+,46?,47-,48+,49?,51-,52+,53-,54+,58-/m1/s1. The highest BCUT2D eigenvalue weighted by atomic mass is 16.6. The number of ketones is 1. The van der Waals surface area contributed by atoms with E-state index in [0.29, 0.717) is 74.9 Å². The fourth-order valence-electron chi connectivity index (χ4n) is 11.7. The number of allylic oxidation sites excluding steroid dienone is 6. The predicted molar refractivity (Wildman–Crippen MR) is 279 cm³/mol. The van der Waals surface area contributed by atoms with Gasteiger partial charge in [0.05, 0.1) is 44.7 Å². The first-order valence-electron chi connectivity index (χ1n) is 26.8. The molecule has 15 nitrogen and oxygen atoms in total. The number of esters is 1. The number of cyclic esters (lactones) is 1. The minimum absolute atomic E-state index is 0.0229. The first-order valence-corrected chi connectivity index (χ1v) is 26.8. The SMILES string of the molecule is COc1ccc([C@H]2C[C@@H]3CC[C@@H](C)[C@@](O)(O3)C(=O)C(=O)N3CCCCC3C(=O)OC([C@H](C)CC3CC[C@@H](O)[C@H](OC)C3)C[C@H](O)[C@H](C)/C=C(\C)[C@@H](O)[C@@H](OC)[C@@H](O)[C@H](C)C[C@H](C)/C=C/C=CC=C2C)c(OC)c1. The molecule has 3 fully saturated rings. The number of carbonyl (C=O) groups is 3. The van der Waals surface area contributed by atoms with Crippen molar-refractivity contribution in [3.63, 3.8) is 0 Å². The van der Waals surface area contributed by atoms with Gasteiger partial charge in [0.2, 0.25) is 5.79 Å². The molecular formula is C58H89NO14. The lowest BCUT2D eigenvalue weighted by Crippen LogP contribution is -2.60. The third-order valence-electron chi connectivity index (χ3n) is 16.5. The zero-order chi connectivity index (χ0) is 53.7. The largest absolute Gasteiger partial charge is 0.497 e. The second-order valence-electron chi connectivity index (χ2n) is 21.9. The summed E-state index contributed by atoms with van der Waals surface area (Å²) in [6.07, 6.45) is 10.8. The number of benzene rings is 1. The number of aliphatic hydroxyl groups excluding tert-OH is 4. The molecule has 0 radical (unpaired) electrons. The molecule has 1 aromatic carbocycles. The van der Waals surface area contributed by atoms with Crippen LogP contribution >= 0.6 is 0 Å². The van der Waals surface area contributed by atoms with E-state index in [2.05, 4.69) is 13.0 Å². The van der Waals surface area contributed by atoms with Gasteiger partial charge >= 0.3 is 5.97 Å². The van der Waals surface area contributed by atoms with Crippen molar-refractivity contribution in [2.45, 2.75) is 192 Å². The molecule has 2 bridgehead atoms. The van der Waals surface area contributed by atoms with E-state index in [1.165, 1.54) is 12.0 Å². The minimum Gasteiger partial charge on any atom is -0.497 e. The Balaban J connectivity index is 1.53. The van der Waals surface area contributed by atoms with Gasteiger partial charge in [-0.05, 0) is 120 Å². The molecule has 73 heavy (non-hydrogen) atoms. The Morgan fingerprint density at radius 2 is 1.55 bits per heavy atom. The van der Waals surface area contributed by atoms with Gasteiger partial charge in [-0.1, -0.05) is 82.7 Å². The van der Waals surface area contributed by atoms with Gasteiger partial charge in [-0.3, -0.25) is 9.59 Å². The van der Waals surface area contributed by atoms with E-state index >= 15 is 0 Å². The van der Waals surface area contributed by atoms with Crippen LogP contribution in [0.2, 0.25) is 0 Å². The Morgan fingerprint density at radius 3 is 2.23 bits per heavy atom. The van der Waals surface area contributed by atoms with Crippen LogP contribution in [0.25, 0.3) is 0 Å². The number of Topliss-reactive ketones (excluding diaryl/α,β-unsaturated/α-hetero) is 1. The van der Waals surface area contributed by atoms with Gasteiger partial charge in [0.15, 0.2) is 0 Å². The molecule has 0 aromatic heterocycles. The number of ether oxygens (including phenoxy) is 6. The monoisotopic (exact) mass is 1020 g/mol. The lowest BCUT2D eigenvalue weighted by atomic mass is 9.78. The summed E-state index contributed by atoms with van der Waals surface area (Å²) in [4.78, 5) is 44.9. The highest BCUT2D eigenvalue weighted by Crippen LogP contribution is 2.43. The lowest BCUT2D eigenvalue weighted by molar-refractivity contribution is -0.264. The Labute approximate surface area is 435 Å². The number of hydrogen-bond acceptors (Lipinski definition) is 14. The van der Waals surface area contributed by atoms with Crippen molar-refractivity contribution >= 4 is 17.7 Å². The highest BCUT2D eigenvalue weighted by molar-refractivity contribution is 6.39. The van der Waals surface area contributed by atoms with Crippen LogP contribution in [0.3, 0.4) is 0 Å². The Bertz CT molecular complexity index is 2090. The molecule has 1 aliphatic carbocycles. The molecule has 3 heterocycles. The van der Waals surface area contributed by atoms with Crippen LogP contribution in [-0.2, 0) is 33.3 Å². The number of piperidine rings is 1. The molecule has 0 spiro atoms. The highest BCUT2D eigenvalue weighted by Gasteiger charge is 2.53. The maximum Gasteiger partial charge on any atom is 0.329 e. The molecule has 2 saturated heterocycles. The van der Waals surface area contributed by atoms with Crippen molar-refractivity contribution in [2.24, 2.45) is 35.5 Å². The molecule has 4 aliphatic rings. The van der Waals surface area contributed by atoms with E-state index in [1.807, 2.05) is 70.2 Å². The number of hydrogen-bond donors (Lipinski definition) is 5. The summed E-state index contributed by atoms with van der Waals surface area (Å²) in [6, 6.07) is 4.46. The smallest absolute Gasteiger partial charge is 0.329 e. The Hall–Kier alpha value is -3.93. The van der Waals surface area contributed by atoms with E-state index in [1.54, 1.807) is 41.3 Å². The normalized spacial score (nSPS) is 38.0. The van der Waals surface area contributed by atoms with Crippen LogP contribution in [0.15, 0.2) is 65.8 Å². The van der Waals surface area contributed by atoms with Gasteiger partial charge < -0.3 is 58.9 Å². The van der Waals surface area contributed by atoms with Crippen LogP contribution < -0.4 is 9.47 Å². The Kier molecular flexibility index (Phi) is 22.8. The summed E-state index contributed by atoms with van der Waals surface area (Å²) in [5, 5.41) is 58.0. The van der Waals surface area contributed by atoms with Crippen LogP contribution in [0, 0.1) is 35.5 Å². The third-order valence-corrected chi connectivity index (χ3v) is 16.5. The van der Waals surface area contributed by atoms with E-state index in [0.717, 1.165) is 17.6 Å². The maximum absolute atomic E-state index is 14.6. The second-order valence-corrected chi connectivity index (χ2v) is 21.9. The van der Waals surface area contributed by atoms with Crippen molar-refractivity contribution in [3.05, 3.63) is 71.4 Å². The quantitative estimate of drug-likeness (QED) is 0.0968. The van der Waals surface area contributed by atoms with E-state index in [4.69, 9.17) is 28.4 Å². The third kappa shape index (κ3) is 15.4. The molecule has 1 amide bonds. The van der Waals surface area contributed by atoms with E-state index < -0.39 is 84.1 Å². The van der Waals surface area contributed by atoms with Gasteiger partial charge in [0.1, 0.15) is 35.9 Å². The molecule has 5 rings (SSSR count). The van der Waals surface area contributed by atoms with Crippen molar-refractivity contribution < 1.29 is 68.3 Å². The number of fused-ring (bicyclic) bond motifs is 3. The molecular weight excluding hydrogens is 935 g/mol. The van der Waals surface area contributed by atoms with Crippen LogP contribution in [0.5, 0.6) is 11.5 Å². The molecule has 17 atom stereocenters. The van der Waals surface area contributed by atoms with Gasteiger partial charge in [0.25, 0.3) is 11.7 Å². The second kappa shape index (κ2) is 27.7. The minimum atomic E-state index is -2.47. The lowest BCUT2D eigenvalue weighted by Gasteiger charge is -2.43. The average Bonchev–Trinajstić information content (AvgIpc) is 3.38.